The maximum absolute atomic E-state index is 12.3. The number of aromatic amines is 1. The number of benzene rings is 1. The fourth-order valence-electron chi connectivity index (χ4n) is 2.56. The van der Waals surface area contributed by atoms with Crippen LogP contribution in [0.1, 0.15) is 37.7 Å². The second-order valence-corrected chi connectivity index (χ2v) is 6.02. The second-order valence-electron chi connectivity index (χ2n) is 6.02. The number of hydrogen-bond acceptors (Lipinski definition) is 3. The first-order valence-corrected chi connectivity index (χ1v) is 8.32. The van der Waals surface area contributed by atoms with E-state index in [9.17, 15) is 22.8 Å². The zero-order valence-electron chi connectivity index (χ0n) is 14.1. The smallest absolute Gasteiger partial charge is 0.389 e. The number of aliphatic carboxylic acids is 1. The molecule has 0 fully saturated rings. The fourth-order valence-corrected chi connectivity index (χ4v) is 2.56. The van der Waals surface area contributed by atoms with Crippen LogP contribution in [0.2, 0.25) is 0 Å². The number of H-pyrrole nitrogens is 1. The normalized spacial score (nSPS) is 11.7. The Balaban J connectivity index is 1.92. The van der Waals surface area contributed by atoms with E-state index in [0.717, 1.165) is 0 Å². The number of nitrogens with one attached hydrogen (secondary N) is 1. The lowest BCUT2D eigenvalue weighted by atomic mass is 10.1. The second kappa shape index (κ2) is 8.73. The van der Waals surface area contributed by atoms with Gasteiger partial charge in [-0.15, -0.1) is 0 Å². The van der Waals surface area contributed by atoms with Gasteiger partial charge < -0.3 is 14.8 Å². The molecular weight excluding hydrogens is 351 g/mol. The number of rotatable bonds is 9. The van der Waals surface area contributed by atoms with Gasteiger partial charge in [0.2, 0.25) is 0 Å². The molecule has 142 valence electrons. The molecule has 0 atom stereocenters. The van der Waals surface area contributed by atoms with Gasteiger partial charge in [0.1, 0.15) is 5.75 Å². The van der Waals surface area contributed by atoms with Gasteiger partial charge in [0.25, 0.3) is 0 Å². The van der Waals surface area contributed by atoms with Crippen molar-refractivity contribution in [1.82, 2.24) is 4.98 Å². The SMILES string of the molecule is O=C(O)CCc1c[nH]c2cc(OCCCCCC(F)(F)F)ccc2c1=O. The summed E-state index contributed by atoms with van der Waals surface area (Å²) in [7, 11) is 0. The predicted octanol–water partition coefficient (Wildman–Crippen LogP) is 4.05. The van der Waals surface area contributed by atoms with Crippen molar-refractivity contribution in [2.45, 2.75) is 44.7 Å². The molecule has 0 aliphatic carbocycles. The number of alkyl halides is 3. The number of pyridine rings is 1. The highest BCUT2D eigenvalue weighted by Gasteiger charge is 2.25. The molecule has 0 spiro atoms. The molecule has 0 aliphatic rings. The van der Waals surface area contributed by atoms with Crippen LogP contribution in [0.3, 0.4) is 0 Å². The van der Waals surface area contributed by atoms with Crippen LogP contribution in [0, 0.1) is 0 Å². The van der Waals surface area contributed by atoms with Crippen LogP contribution in [0.25, 0.3) is 10.9 Å². The third-order valence-corrected chi connectivity index (χ3v) is 3.91. The molecule has 1 heterocycles. The van der Waals surface area contributed by atoms with Crippen molar-refractivity contribution >= 4 is 16.9 Å². The predicted molar refractivity (Wildman–Crippen MR) is 90.5 cm³/mol. The van der Waals surface area contributed by atoms with Crippen LogP contribution < -0.4 is 10.2 Å². The molecule has 2 rings (SSSR count). The summed E-state index contributed by atoms with van der Waals surface area (Å²) in [6.07, 6.45) is -2.36. The van der Waals surface area contributed by atoms with Gasteiger partial charge >= 0.3 is 12.1 Å². The topological polar surface area (TPSA) is 79.4 Å². The molecule has 1 aromatic carbocycles. The number of fused-ring (bicyclic) bond motifs is 1. The minimum absolute atomic E-state index is 0.0804. The van der Waals surface area contributed by atoms with Gasteiger partial charge in [0.05, 0.1) is 12.1 Å². The summed E-state index contributed by atoms with van der Waals surface area (Å²) in [6, 6.07) is 4.86. The lowest BCUT2D eigenvalue weighted by Crippen LogP contribution is -2.12. The number of carboxylic acids is 1. The number of carboxylic acid groups (broad SMARTS) is 1. The maximum Gasteiger partial charge on any atom is 0.389 e. The van der Waals surface area contributed by atoms with E-state index in [1.54, 1.807) is 18.2 Å². The maximum atomic E-state index is 12.3. The molecule has 0 amide bonds. The van der Waals surface area contributed by atoms with Crippen molar-refractivity contribution in [3.05, 3.63) is 40.2 Å². The largest absolute Gasteiger partial charge is 0.494 e. The Bertz CT molecular complexity index is 814. The highest BCUT2D eigenvalue weighted by molar-refractivity contribution is 5.80. The first-order valence-electron chi connectivity index (χ1n) is 8.32. The van der Waals surface area contributed by atoms with Crippen molar-refractivity contribution < 1.29 is 27.8 Å². The van der Waals surface area contributed by atoms with Crippen LogP contribution in [0.4, 0.5) is 13.2 Å². The monoisotopic (exact) mass is 371 g/mol. The minimum Gasteiger partial charge on any atom is -0.494 e. The summed E-state index contributed by atoms with van der Waals surface area (Å²) in [5.74, 6) is -0.453. The lowest BCUT2D eigenvalue weighted by Gasteiger charge is -2.09. The molecule has 5 nitrogen and oxygen atoms in total. The van der Waals surface area contributed by atoms with Crippen LogP contribution in [0.15, 0.2) is 29.2 Å². The summed E-state index contributed by atoms with van der Waals surface area (Å²) >= 11 is 0. The van der Waals surface area contributed by atoms with Crippen LogP contribution in [-0.2, 0) is 11.2 Å². The molecule has 2 aromatic rings. The van der Waals surface area contributed by atoms with E-state index in [-0.39, 0.29) is 24.7 Å². The van der Waals surface area contributed by atoms with Crippen molar-refractivity contribution in [3.63, 3.8) is 0 Å². The number of halogens is 3. The Morgan fingerprint density at radius 2 is 1.96 bits per heavy atom. The molecule has 8 heteroatoms. The number of aryl methyl sites for hydroxylation is 1. The van der Waals surface area contributed by atoms with Crippen LogP contribution in [-0.4, -0.2) is 28.8 Å². The number of ether oxygens (including phenoxy) is 1. The summed E-state index contributed by atoms with van der Waals surface area (Å²) < 4.78 is 41.6. The average Bonchev–Trinajstić information content (AvgIpc) is 2.56. The number of aromatic nitrogens is 1. The highest BCUT2D eigenvalue weighted by Crippen LogP contribution is 2.23. The van der Waals surface area contributed by atoms with E-state index in [0.29, 0.717) is 41.7 Å². The zero-order chi connectivity index (χ0) is 19.2. The Labute approximate surface area is 147 Å². The Kier molecular flexibility index (Phi) is 6.65. The molecule has 26 heavy (non-hydrogen) atoms. The summed E-state index contributed by atoms with van der Waals surface area (Å²) in [5.41, 5.74) is 0.737. The highest BCUT2D eigenvalue weighted by atomic mass is 19.4. The summed E-state index contributed by atoms with van der Waals surface area (Å²) in [4.78, 5) is 25.9. The number of carbonyl (C=O) groups is 1. The van der Waals surface area contributed by atoms with Gasteiger partial charge in [-0.2, -0.15) is 13.2 Å². The van der Waals surface area contributed by atoms with Crippen molar-refractivity contribution in [2.75, 3.05) is 6.61 Å². The van der Waals surface area contributed by atoms with E-state index in [1.807, 2.05) is 0 Å². The third-order valence-electron chi connectivity index (χ3n) is 3.91. The Morgan fingerprint density at radius 1 is 1.19 bits per heavy atom. The van der Waals surface area contributed by atoms with Gasteiger partial charge in [-0.05, 0) is 37.8 Å². The quantitative estimate of drug-likeness (QED) is 0.652. The van der Waals surface area contributed by atoms with Gasteiger partial charge in [-0.1, -0.05) is 0 Å². The first kappa shape index (κ1) is 19.8. The van der Waals surface area contributed by atoms with Crippen molar-refractivity contribution in [1.29, 1.82) is 0 Å². The molecule has 0 saturated carbocycles. The van der Waals surface area contributed by atoms with E-state index in [2.05, 4.69) is 4.98 Å². The van der Waals surface area contributed by atoms with Crippen LogP contribution >= 0.6 is 0 Å². The zero-order valence-corrected chi connectivity index (χ0v) is 14.1. The van der Waals surface area contributed by atoms with Gasteiger partial charge in [-0.25, -0.2) is 0 Å². The molecule has 2 N–H and O–H groups in total. The fraction of sp³-hybridized carbons (Fsp3) is 0.444. The third kappa shape index (κ3) is 6.09. The van der Waals surface area contributed by atoms with Gasteiger partial charge in [-0.3, -0.25) is 9.59 Å². The summed E-state index contributed by atoms with van der Waals surface area (Å²) in [5, 5.41) is 9.14. The first-order chi connectivity index (χ1) is 12.3. The Hall–Kier alpha value is -2.51. The molecule has 1 aromatic heterocycles. The average molecular weight is 371 g/mol. The molecule has 0 bridgehead atoms. The summed E-state index contributed by atoms with van der Waals surface area (Å²) in [6.45, 7) is 0.296. The van der Waals surface area contributed by atoms with Crippen LogP contribution in [0.5, 0.6) is 5.75 Å². The molecule has 0 unspecified atom stereocenters. The number of hydrogen-bond donors (Lipinski definition) is 2. The van der Waals surface area contributed by atoms with E-state index in [1.165, 1.54) is 6.20 Å². The minimum atomic E-state index is -4.12. The molecule has 0 saturated heterocycles. The lowest BCUT2D eigenvalue weighted by molar-refractivity contribution is -0.137. The molecular formula is C18H20F3NO4. The van der Waals surface area contributed by atoms with Crippen molar-refractivity contribution in [2.24, 2.45) is 0 Å². The van der Waals surface area contributed by atoms with E-state index >= 15 is 0 Å². The molecule has 0 aliphatic heterocycles. The Morgan fingerprint density at radius 3 is 2.65 bits per heavy atom. The van der Waals surface area contributed by atoms with E-state index in [4.69, 9.17) is 9.84 Å². The number of unbranched alkanes of at least 4 members (excludes halogenated alkanes) is 2. The van der Waals surface area contributed by atoms with Crippen molar-refractivity contribution in [3.8, 4) is 5.75 Å². The van der Waals surface area contributed by atoms with E-state index < -0.39 is 18.6 Å². The van der Waals surface area contributed by atoms with Gasteiger partial charge in [0, 0.05) is 36.1 Å². The molecule has 0 radical (unpaired) electrons. The van der Waals surface area contributed by atoms with Gasteiger partial charge in [0.15, 0.2) is 5.43 Å². The standard InChI is InChI=1S/C18H20F3NO4/c19-18(20,21)8-2-1-3-9-26-13-5-6-14-15(10-13)22-11-12(17(14)25)4-7-16(23)24/h5-6,10-11H,1-4,7-9H2,(H,22,25)(H,23,24).